The summed E-state index contributed by atoms with van der Waals surface area (Å²) in [7, 11) is 0. The Hall–Kier alpha value is -2.41. The summed E-state index contributed by atoms with van der Waals surface area (Å²) in [4.78, 5) is 16.0. The van der Waals surface area contributed by atoms with Crippen molar-refractivity contribution in [3.05, 3.63) is 47.7 Å². The molecular formula is C13H9BrN6. The number of hydrogen-bond donors (Lipinski definition) is 2. The van der Waals surface area contributed by atoms with Crippen LogP contribution in [0.1, 0.15) is 0 Å². The monoisotopic (exact) mass is 328 g/mol. The molecule has 0 saturated carbocycles. The highest BCUT2D eigenvalue weighted by atomic mass is 79.9. The number of rotatable bonds is 2. The topological polar surface area (TPSA) is 70.9 Å². The zero-order valence-corrected chi connectivity index (χ0v) is 11.8. The molecule has 0 amide bonds. The van der Waals surface area contributed by atoms with Crippen molar-refractivity contribution >= 4 is 44.1 Å². The van der Waals surface area contributed by atoms with Crippen molar-refractivity contribution in [1.29, 1.82) is 0 Å². The third-order valence-electron chi connectivity index (χ3n) is 3.03. The van der Waals surface area contributed by atoms with E-state index in [1.165, 1.54) is 0 Å². The third kappa shape index (κ3) is 1.83. The van der Waals surface area contributed by atoms with E-state index < -0.39 is 0 Å². The Balaban J connectivity index is 1.81. The Bertz CT molecular complexity index is 909. The highest BCUT2D eigenvalue weighted by Crippen LogP contribution is 2.23. The van der Waals surface area contributed by atoms with Gasteiger partial charge in [-0.15, -0.1) is 0 Å². The molecule has 0 bridgehead atoms. The van der Waals surface area contributed by atoms with Crippen LogP contribution in [-0.2, 0) is 0 Å². The molecule has 0 radical (unpaired) electrons. The number of anilines is 2. The molecule has 0 fully saturated rings. The lowest BCUT2D eigenvalue weighted by Crippen LogP contribution is -1.98. The first-order valence-electron chi connectivity index (χ1n) is 5.99. The number of fused-ring (bicyclic) bond motifs is 2. The van der Waals surface area contributed by atoms with Crippen molar-refractivity contribution in [2.45, 2.75) is 0 Å². The average molecular weight is 329 g/mol. The molecule has 0 aliphatic carbocycles. The molecule has 98 valence electrons. The lowest BCUT2D eigenvalue weighted by molar-refractivity contribution is 1.10. The van der Waals surface area contributed by atoms with E-state index in [1.807, 2.05) is 35.0 Å². The van der Waals surface area contributed by atoms with Gasteiger partial charge in [0.15, 0.2) is 11.5 Å². The fourth-order valence-corrected chi connectivity index (χ4v) is 2.53. The Morgan fingerprint density at radius 2 is 2.20 bits per heavy atom. The number of benzene rings is 1. The maximum atomic E-state index is 4.43. The Morgan fingerprint density at radius 3 is 3.15 bits per heavy atom. The van der Waals surface area contributed by atoms with Gasteiger partial charge >= 0.3 is 0 Å². The number of imidazole rings is 2. The van der Waals surface area contributed by atoms with Crippen molar-refractivity contribution in [2.24, 2.45) is 0 Å². The first kappa shape index (κ1) is 11.4. The molecule has 0 unspecified atom stereocenters. The predicted molar refractivity (Wildman–Crippen MR) is 80.1 cm³/mol. The number of H-pyrrole nitrogens is 1. The molecule has 20 heavy (non-hydrogen) atoms. The van der Waals surface area contributed by atoms with Crippen molar-refractivity contribution < 1.29 is 0 Å². The quantitative estimate of drug-likeness (QED) is 0.593. The molecule has 0 aliphatic rings. The van der Waals surface area contributed by atoms with Crippen LogP contribution in [-0.4, -0.2) is 24.3 Å². The molecule has 0 saturated heterocycles. The van der Waals surface area contributed by atoms with Crippen molar-refractivity contribution in [3.63, 3.8) is 0 Å². The van der Waals surface area contributed by atoms with Crippen LogP contribution in [0.15, 0.2) is 47.7 Å². The molecule has 3 heterocycles. The van der Waals surface area contributed by atoms with E-state index >= 15 is 0 Å². The van der Waals surface area contributed by atoms with Crippen molar-refractivity contribution in [1.82, 2.24) is 24.3 Å². The van der Waals surface area contributed by atoms with Gasteiger partial charge in [-0.25, -0.2) is 15.0 Å². The smallest absolute Gasteiger partial charge is 0.180 e. The van der Waals surface area contributed by atoms with E-state index in [0.717, 1.165) is 27.0 Å². The van der Waals surface area contributed by atoms with Gasteiger partial charge in [0.05, 0.1) is 17.4 Å². The van der Waals surface area contributed by atoms with E-state index in [-0.39, 0.29) is 0 Å². The predicted octanol–water partition coefficient (Wildman–Crippen LogP) is 3.11. The summed E-state index contributed by atoms with van der Waals surface area (Å²) >= 11 is 3.40. The van der Waals surface area contributed by atoms with Gasteiger partial charge in [0, 0.05) is 24.3 Å². The summed E-state index contributed by atoms with van der Waals surface area (Å²) in [6.07, 6.45) is 7.17. The minimum atomic E-state index is 0.697. The molecular weight excluding hydrogens is 320 g/mol. The van der Waals surface area contributed by atoms with Crippen LogP contribution in [0.2, 0.25) is 0 Å². The van der Waals surface area contributed by atoms with Gasteiger partial charge in [0.1, 0.15) is 4.60 Å². The SMILES string of the molecule is Brc1cn2ccnc2c(Nc2ccc3nc[nH]c3c2)n1. The van der Waals surface area contributed by atoms with Crippen LogP contribution >= 0.6 is 15.9 Å². The van der Waals surface area contributed by atoms with Crippen molar-refractivity contribution in [2.75, 3.05) is 5.32 Å². The van der Waals surface area contributed by atoms with Crippen LogP contribution in [0.5, 0.6) is 0 Å². The van der Waals surface area contributed by atoms with Gasteiger partial charge in [-0.1, -0.05) is 0 Å². The molecule has 2 N–H and O–H groups in total. The molecule has 1 aromatic carbocycles. The molecule has 0 spiro atoms. The zero-order chi connectivity index (χ0) is 13.5. The Kier molecular flexibility index (Phi) is 2.46. The van der Waals surface area contributed by atoms with Gasteiger partial charge in [-0.2, -0.15) is 0 Å². The molecule has 4 aromatic rings. The highest BCUT2D eigenvalue weighted by Gasteiger charge is 2.07. The van der Waals surface area contributed by atoms with E-state index in [0.29, 0.717) is 5.82 Å². The van der Waals surface area contributed by atoms with E-state index in [2.05, 4.69) is 41.2 Å². The summed E-state index contributed by atoms with van der Waals surface area (Å²) in [5, 5.41) is 3.28. The van der Waals surface area contributed by atoms with Gasteiger partial charge in [0.2, 0.25) is 0 Å². The van der Waals surface area contributed by atoms with Crippen LogP contribution in [0.25, 0.3) is 16.7 Å². The van der Waals surface area contributed by atoms with E-state index in [1.54, 1.807) is 12.5 Å². The molecule has 4 rings (SSSR count). The van der Waals surface area contributed by atoms with Crippen LogP contribution in [0, 0.1) is 0 Å². The standard InChI is InChI=1S/C13H9BrN6/c14-11-6-20-4-3-15-13(20)12(19-11)18-8-1-2-9-10(5-8)17-7-16-9/h1-7H,(H,16,17)(H,18,19). The first-order valence-corrected chi connectivity index (χ1v) is 6.78. The lowest BCUT2D eigenvalue weighted by atomic mass is 10.3. The summed E-state index contributed by atoms with van der Waals surface area (Å²) < 4.78 is 2.65. The molecule has 0 atom stereocenters. The number of nitrogens with one attached hydrogen (secondary N) is 2. The van der Waals surface area contributed by atoms with Gasteiger partial charge in [0.25, 0.3) is 0 Å². The van der Waals surface area contributed by atoms with Gasteiger partial charge in [-0.3, -0.25) is 0 Å². The van der Waals surface area contributed by atoms with Crippen LogP contribution in [0.3, 0.4) is 0 Å². The van der Waals surface area contributed by atoms with Crippen molar-refractivity contribution in [3.8, 4) is 0 Å². The van der Waals surface area contributed by atoms with Gasteiger partial charge < -0.3 is 14.7 Å². The van der Waals surface area contributed by atoms with Crippen LogP contribution < -0.4 is 5.32 Å². The molecule has 7 heteroatoms. The lowest BCUT2D eigenvalue weighted by Gasteiger charge is -2.07. The second-order valence-electron chi connectivity index (χ2n) is 4.33. The summed E-state index contributed by atoms with van der Waals surface area (Å²) in [5.74, 6) is 0.697. The highest BCUT2D eigenvalue weighted by molar-refractivity contribution is 9.10. The van der Waals surface area contributed by atoms with Gasteiger partial charge in [-0.05, 0) is 34.1 Å². The average Bonchev–Trinajstić information content (AvgIpc) is 3.05. The second kappa shape index (κ2) is 4.31. The minimum Gasteiger partial charge on any atom is -0.345 e. The Labute approximate surface area is 122 Å². The zero-order valence-electron chi connectivity index (χ0n) is 10.2. The summed E-state index contributed by atoms with van der Waals surface area (Å²) in [6, 6.07) is 5.91. The summed E-state index contributed by atoms with van der Waals surface area (Å²) in [5.41, 5.74) is 3.61. The molecule has 6 nitrogen and oxygen atoms in total. The maximum absolute atomic E-state index is 4.43. The third-order valence-corrected chi connectivity index (χ3v) is 3.41. The molecule has 3 aromatic heterocycles. The number of halogens is 1. The number of aromatic nitrogens is 5. The normalized spacial score (nSPS) is 11.2. The second-order valence-corrected chi connectivity index (χ2v) is 5.14. The number of aromatic amines is 1. The van der Waals surface area contributed by atoms with E-state index in [4.69, 9.17) is 0 Å². The van der Waals surface area contributed by atoms with Crippen LogP contribution in [0.4, 0.5) is 11.5 Å². The fourth-order valence-electron chi connectivity index (χ4n) is 2.13. The first-order chi connectivity index (χ1) is 9.79. The largest absolute Gasteiger partial charge is 0.345 e. The number of hydrogen-bond acceptors (Lipinski definition) is 4. The molecule has 0 aliphatic heterocycles. The maximum Gasteiger partial charge on any atom is 0.180 e. The minimum absolute atomic E-state index is 0.697. The number of nitrogens with zero attached hydrogens (tertiary/aromatic N) is 4. The summed E-state index contributed by atoms with van der Waals surface area (Å²) in [6.45, 7) is 0. The Morgan fingerprint density at radius 1 is 1.25 bits per heavy atom. The fraction of sp³-hybridized carbons (Fsp3) is 0. The van der Waals surface area contributed by atoms with E-state index in [9.17, 15) is 0 Å².